The first-order chi connectivity index (χ1) is 12.6. The molecule has 2 aromatic rings. The van der Waals surface area contributed by atoms with Gasteiger partial charge in [-0.1, -0.05) is 41.9 Å². The summed E-state index contributed by atoms with van der Waals surface area (Å²) < 4.78 is 5.72. The zero-order valence-corrected chi connectivity index (χ0v) is 14.7. The molecule has 6 nitrogen and oxygen atoms in total. The third-order valence-electron chi connectivity index (χ3n) is 3.17. The Morgan fingerprint density at radius 2 is 1.92 bits per heavy atom. The quantitative estimate of drug-likeness (QED) is 0.340. The van der Waals surface area contributed by atoms with Crippen LogP contribution in [-0.4, -0.2) is 24.6 Å². The van der Waals surface area contributed by atoms with E-state index in [0.717, 1.165) is 5.56 Å². The summed E-state index contributed by atoms with van der Waals surface area (Å²) in [5.41, 5.74) is 3.86. The van der Waals surface area contributed by atoms with Crippen LogP contribution in [0.15, 0.2) is 66.3 Å². The average molecular weight is 372 g/mol. The monoisotopic (exact) mass is 371 g/mol. The highest BCUT2D eigenvalue weighted by atomic mass is 35.5. The molecular weight excluding hydrogens is 354 g/mol. The molecule has 0 saturated heterocycles. The third kappa shape index (κ3) is 6.41. The number of carbonyl (C=O) groups is 2. The average Bonchev–Trinajstić information content (AvgIpc) is 2.66. The number of nitrogens with one attached hydrogen (secondary N) is 2. The molecule has 2 aromatic carbocycles. The summed E-state index contributed by atoms with van der Waals surface area (Å²) in [7, 11) is 0. The van der Waals surface area contributed by atoms with Gasteiger partial charge in [0.25, 0.3) is 0 Å². The molecule has 2 rings (SSSR count). The number of benzene rings is 2. The third-order valence-corrected chi connectivity index (χ3v) is 3.42. The van der Waals surface area contributed by atoms with Crippen LogP contribution in [0.2, 0.25) is 5.02 Å². The lowest BCUT2D eigenvalue weighted by atomic mass is 10.2. The minimum Gasteiger partial charge on any atom is -0.489 e. The molecule has 0 spiro atoms. The highest BCUT2D eigenvalue weighted by Crippen LogP contribution is 2.15. The predicted molar refractivity (Wildman–Crippen MR) is 101 cm³/mol. The standard InChI is InChI=1S/C19H18ClN3O3/c1-2-10-21-18(24)19(25)23-22-12-15-4-3-5-17(11-15)26-13-14-6-8-16(20)9-7-14/h2-9,11-12H,1,10,13H2,(H,21,24)(H,23,25)/b22-12-. The van der Waals surface area contributed by atoms with Crippen LogP contribution >= 0.6 is 11.6 Å². The smallest absolute Gasteiger partial charge is 0.329 e. The summed E-state index contributed by atoms with van der Waals surface area (Å²) in [5, 5.41) is 6.79. The van der Waals surface area contributed by atoms with Crippen molar-refractivity contribution in [3.63, 3.8) is 0 Å². The number of halogens is 1. The van der Waals surface area contributed by atoms with Crippen LogP contribution in [0.1, 0.15) is 11.1 Å². The van der Waals surface area contributed by atoms with Crippen LogP contribution in [0.5, 0.6) is 5.75 Å². The van der Waals surface area contributed by atoms with Crippen LogP contribution < -0.4 is 15.5 Å². The zero-order valence-electron chi connectivity index (χ0n) is 13.9. The van der Waals surface area contributed by atoms with Crippen molar-refractivity contribution in [1.29, 1.82) is 0 Å². The van der Waals surface area contributed by atoms with Crippen molar-refractivity contribution in [3.8, 4) is 5.75 Å². The molecule has 7 heteroatoms. The maximum absolute atomic E-state index is 11.5. The van der Waals surface area contributed by atoms with E-state index in [1.54, 1.807) is 30.3 Å². The van der Waals surface area contributed by atoms with Crippen LogP contribution in [0.4, 0.5) is 0 Å². The van der Waals surface area contributed by atoms with Crippen molar-refractivity contribution in [2.75, 3.05) is 6.54 Å². The van der Waals surface area contributed by atoms with Crippen LogP contribution in [0.25, 0.3) is 0 Å². The van der Waals surface area contributed by atoms with E-state index in [4.69, 9.17) is 16.3 Å². The zero-order chi connectivity index (χ0) is 18.8. The Labute approximate surface area is 156 Å². The van der Waals surface area contributed by atoms with Crippen molar-refractivity contribution in [1.82, 2.24) is 10.7 Å². The number of carbonyl (C=O) groups excluding carboxylic acids is 2. The van der Waals surface area contributed by atoms with E-state index in [1.165, 1.54) is 12.3 Å². The fraction of sp³-hybridized carbons (Fsp3) is 0.105. The normalized spacial score (nSPS) is 10.3. The van der Waals surface area contributed by atoms with Gasteiger partial charge in [0.15, 0.2) is 0 Å². The number of hydrogen-bond acceptors (Lipinski definition) is 4. The molecule has 0 aliphatic rings. The Morgan fingerprint density at radius 3 is 2.65 bits per heavy atom. The SMILES string of the molecule is C=CCNC(=O)C(=O)N/N=C\c1cccc(OCc2ccc(Cl)cc2)c1. The van der Waals surface area contributed by atoms with Gasteiger partial charge >= 0.3 is 11.8 Å². The molecule has 0 aliphatic carbocycles. The largest absolute Gasteiger partial charge is 0.489 e. The Kier molecular flexibility index (Phi) is 7.39. The Hall–Kier alpha value is -3.12. The lowest BCUT2D eigenvalue weighted by Gasteiger charge is -2.07. The Balaban J connectivity index is 1.87. The second-order valence-corrected chi connectivity index (χ2v) is 5.62. The van der Waals surface area contributed by atoms with E-state index in [9.17, 15) is 9.59 Å². The van der Waals surface area contributed by atoms with Crippen molar-refractivity contribution < 1.29 is 14.3 Å². The second-order valence-electron chi connectivity index (χ2n) is 5.19. The Morgan fingerprint density at radius 1 is 1.15 bits per heavy atom. The summed E-state index contributed by atoms with van der Waals surface area (Å²) in [4.78, 5) is 22.9. The molecule has 2 N–H and O–H groups in total. The van der Waals surface area contributed by atoms with Gasteiger partial charge in [0.05, 0.1) is 6.21 Å². The number of ether oxygens (including phenoxy) is 1. The summed E-state index contributed by atoms with van der Waals surface area (Å²) in [5.74, 6) is -0.973. The van der Waals surface area contributed by atoms with Crippen molar-refractivity contribution in [3.05, 3.63) is 77.3 Å². The topological polar surface area (TPSA) is 79.8 Å². The van der Waals surface area contributed by atoms with Crippen molar-refractivity contribution in [2.24, 2.45) is 5.10 Å². The first-order valence-corrected chi connectivity index (χ1v) is 8.15. The van der Waals surface area contributed by atoms with Gasteiger partial charge in [-0.25, -0.2) is 5.43 Å². The van der Waals surface area contributed by atoms with E-state index in [-0.39, 0.29) is 6.54 Å². The van der Waals surface area contributed by atoms with Crippen LogP contribution in [0.3, 0.4) is 0 Å². The maximum atomic E-state index is 11.5. The van der Waals surface area contributed by atoms with Crippen LogP contribution in [0, 0.1) is 0 Å². The second kappa shape index (κ2) is 10.0. The number of hydrazone groups is 1. The molecule has 0 heterocycles. The van der Waals surface area contributed by atoms with Gasteiger partial charge in [0, 0.05) is 11.6 Å². The van der Waals surface area contributed by atoms with E-state index in [1.807, 2.05) is 18.2 Å². The molecule has 0 radical (unpaired) electrons. The molecule has 0 aliphatic heterocycles. The fourth-order valence-corrected chi connectivity index (χ4v) is 2.02. The molecule has 0 aromatic heterocycles. The molecule has 0 unspecified atom stereocenters. The Bertz CT molecular complexity index is 804. The molecule has 134 valence electrons. The van der Waals surface area contributed by atoms with E-state index >= 15 is 0 Å². The minimum atomic E-state index is -0.849. The van der Waals surface area contributed by atoms with Gasteiger partial charge in [0.2, 0.25) is 0 Å². The highest BCUT2D eigenvalue weighted by Gasteiger charge is 2.10. The minimum absolute atomic E-state index is 0.211. The molecule has 0 bridgehead atoms. The van der Waals surface area contributed by atoms with E-state index < -0.39 is 11.8 Å². The summed E-state index contributed by atoms with van der Waals surface area (Å²) in [6, 6.07) is 14.6. The first-order valence-electron chi connectivity index (χ1n) is 7.78. The maximum Gasteiger partial charge on any atom is 0.329 e. The molecule has 0 fully saturated rings. The molecule has 2 amide bonds. The lowest BCUT2D eigenvalue weighted by Crippen LogP contribution is -2.37. The highest BCUT2D eigenvalue weighted by molar-refractivity contribution is 6.35. The number of amides is 2. The molecule has 0 atom stereocenters. The van der Waals surface area contributed by atoms with Crippen LogP contribution in [-0.2, 0) is 16.2 Å². The predicted octanol–water partition coefficient (Wildman–Crippen LogP) is 2.67. The lowest BCUT2D eigenvalue weighted by molar-refractivity contribution is -0.139. The summed E-state index contributed by atoms with van der Waals surface area (Å²) >= 11 is 5.85. The fourth-order valence-electron chi connectivity index (χ4n) is 1.89. The first kappa shape index (κ1) is 19.2. The number of nitrogens with zero attached hydrogens (tertiary/aromatic N) is 1. The summed E-state index contributed by atoms with van der Waals surface area (Å²) in [6.45, 7) is 4.06. The molecular formula is C19H18ClN3O3. The number of hydrogen-bond donors (Lipinski definition) is 2. The van der Waals surface area contributed by atoms with Crippen molar-refractivity contribution >= 4 is 29.6 Å². The molecule has 26 heavy (non-hydrogen) atoms. The summed E-state index contributed by atoms with van der Waals surface area (Å²) in [6.07, 6.45) is 2.90. The van der Waals surface area contributed by atoms with E-state index in [2.05, 4.69) is 22.4 Å². The van der Waals surface area contributed by atoms with Gasteiger partial charge in [-0.15, -0.1) is 6.58 Å². The van der Waals surface area contributed by atoms with Gasteiger partial charge in [-0.05, 0) is 35.4 Å². The van der Waals surface area contributed by atoms with Gasteiger partial charge in [-0.3, -0.25) is 9.59 Å². The van der Waals surface area contributed by atoms with Crippen molar-refractivity contribution in [2.45, 2.75) is 6.61 Å². The van der Waals surface area contributed by atoms with E-state index in [0.29, 0.717) is 22.9 Å². The van der Waals surface area contributed by atoms with Gasteiger partial charge < -0.3 is 10.1 Å². The van der Waals surface area contributed by atoms with Gasteiger partial charge in [0.1, 0.15) is 12.4 Å². The number of rotatable bonds is 7. The molecule has 0 saturated carbocycles. The van der Waals surface area contributed by atoms with Gasteiger partial charge in [-0.2, -0.15) is 5.10 Å².